The number of halogens is 2. The number of nitrogens with zero attached hydrogens (tertiary/aromatic N) is 1. The lowest BCUT2D eigenvalue weighted by Crippen LogP contribution is -2.23. The van der Waals surface area contributed by atoms with E-state index >= 15 is 0 Å². The molecular weight excluding hydrogens is 463 g/mol. The largest absolute Gasteiger partial charge is 0.493 e. The Hall–Kier alpha value is -2.65. The molecule has 6 nitrogen and oxygen atoms in total. The van der Waals surface area contributed by atoms with Crippen molar-refractivity contribution in [3.63, 3.8) is 0 Å². The fraction of sp³-hybridized carbons (Fsp3) is 0.150. The minimum absolute atomic E-state index is 0.0321. The fourth-order valence-electron chi connectivity index (χ4n) is 2.49. The van der Waals surface area contributed by atoms with E-state index < -0.39 is 5.91 Å². The Morgan fingerprint density at radius 1 is 1.34 bits per heavy atom. The maximum Gasteiger partial charge on any atom is 0.286 e. The van der Waals surface area contributed by atoms with Crippen molar-refractivity contribution < 1.29 is 23.5 Å². The molecule has 0 radical (unpaired) electrons. The molecule has 2 aromatic carbocycles. The van der Waals surface area contributed by atoms with Crippen LogP contribution in [0, 0.1) is 5.82 Å². The van der Waals surface area contributed by atoms with E-state index in [4.69, 9.17) is 9.47 Å². The van der Waals surface area contributed by atoms with Crippen LogP contribution in [0.3, 0.4) is 0 Å². The molecule has 0 aromatic heterocycles. The van der Waals surface area contributed by atoms with Gasteiger partial charge in [-0.05, 0) is 57.5 Å². The number of carbonyl (C=O) groups is 2. The van der Waals surface area contributed by atoms with Gasteiger partial charge in [0, 0.05) is 12.5 Å². The Morgan fingerprint density at radius 3 is 2.79 bits per heavy atom. The summed E-state index contributed by atoms with van der Waals surface area (Å²) in [5.74, 6) is -0.255. The van der Waals surface area contributed by atoms with Crippen molar-refractivity contribution in [1.29, 1.82) is 0 Å². The van der Waals surface area contributed by atoms with Crippen molar-refractivity contribution in [2.24, 2.45) is 4.99 Å². The van der Waals surface area contributed by atoms with Crippen molar-refractivity contribution in [2.45, 2.75) is 13.5 Å². The van der Waals surface area contributed by atoms with Crippen LogP contribution in [0.5, 0.6) is 11.5 Å². The van der Waals surface area contributed by atoms with E-state index in [0.717, 1.165) is 11.8 Å². The van der Waals surface area contributed by atoms with Gasteiger partial charge < -0.3 is 14.8 Å². The van der Waals surface area contributed by atoms with Gasteiger partial charge in [-0.15, -0.1) is 0 Å². The molecule has 0 atom stereocenters. The van der Waals surface area contributed by atoms with Crippen molar-refractivity contribution >= 4 is 50.7 Å². The maximum absolute atomic E-state index is 13.8. The number of amides is 2. The molecule has 1 aliphatic heterocycles. The summed E-state index contributed by atoms with van der Waals surface area (Å²) in [4.78, 5) is 27.3. The third-order valence-corrected chi connectivity index (χ3v) is 5.27. The molecule has 0 unspecified atom stereocenters. The molecule has 1 N–H and O–H groups in total. The number of rotatable bonds is 5. The van der Waals surface area contributed by atoms with Crippen LogP contribution < -0.4 is 14.8 Å². The van der Waals surface area contributed by atoms with Crippen LogP contribution in [0.2, 0.25) is 0 Å². The number of hydrogen-bond acceptors (Lipinski definition) is 5. The molecule has 0 saturated carbocycles. The summed E-state index contributed by atoms with van der Waals surface area (Å²) in [5, 5.41) is 2.74. The molecule has 2 amide bonds. The third kappa shape index (κ3) is 5.24. The standard InChI is InChI=1S/C20H16BrFN2O4S/c1-11(25)23-20-24-19(26)17(29-20)9-12-7-14(21)18(16(8-12)27-2)28-10-13-5-3-4-6-15(13)22/h3-9H,10H2,1-2H3,(H,23,24,25,26)/b17-9+. The van der Waals surface area contributed by atoms with Gasteiger partial charge in [-0.2, -0.15) is 4.99 Å². The number of amidine groups is 1. The molecule has 3 rings (SSSR count). The summed E-state index contributed by atoms with van der Waals surface area (Å²) in [5.41, 5.74) is 1.09. The minimum atomic E-state index is -0.436. The van der Waals surface area contributed by atoms with Gasteiger partial charge in [-0.1, -0.05) is 18.2 Å². The monoisotopic (exact) mass is 478 g/mol. The van der Waals surface area contributed by atoms with Crippen molar-refractivity contribution in [3.05, 3.63) is 62.7 Å². The number of benzene rings is 2. The van der Waals surface area contributed by atoms with Gasteiger partial charge in [-0.3, -0.25) is 9.59 Å². The predicted octanol–water partition coefficient (Wildman–Crippen LogP) is 4.28. The van der Waals surface area contributed by atoms with Gasteiger partial charge in [0.15, 0.2) is 16.7 Å². The molecule has 9 heteroatoms. The Kier molecular flexibility index (Phi) is 6.71. The van der Waals surface area contributed by atoms with E-state index in [1.165, 1.54) is 20.1 Å². The number of carbonyl (C=O) groups excluding carboxylic acids is 2. The second-order valence-corrected chi connectivity index (χ2v) is 7.81. The second kappa shape index (κ2) is 9.23. The highest BCUT2D eigenvalue weighted by Crippen LogP contribution is 2.39. The van der Waals surface area contributed by atoms with Crippen LogP contribution in [0.1, 0.15) is 18.1 Å². The van der Waals surface area contributed by atoms with E-state index in [1.54, 1.807) is 36.4 Å². The molecular formula is C20H16BrFN2O4S. The van der Waals surface area contributed by atoms with Gasteiger partial charge in [0.05, 0.1) is 16.5 Å². The first-order chi connectivity index (χ1) is 13.9. The maximum atomic E-state index is 13.8. The molecule has 1 aliphatic rings. The molecule has 0 fully saturated rings. The van der Waals surface area contributed by atoms with E-state index in [9.17, 15) is 14.0 Å². The Morgan fingerprint density at radius 2 is 2.10 bits per heavy atom. The predicted molar refractivity (Wildman–Crippen MR) is 113 cm³/mol. The van der Waals surface area contributed by atoms with Crippen molar-refractivity contribution in [3.8, 4) is 11.5 Å². The van der Waals surface area contributed by atoms with Crippen LogP contribution in [-0.2, 0) is 16.2 Å². The normalized spacial score (nSPS) is 14.7. The van der Waals surface area contributed by atoms with Crippen LogP contribution in [-0.4, -0.2) is 24.1 Å². The molecule has 0 saturated heterocycles. The smallest absolute Gasteiger partial charge is 0.286 e. The van der Waals surface area contributed by atoms with E-state index in [2.05, 4.69) is 26.2 Å². The average Bonchev–Trinajstić information content (AvgIpc) is 2.99. The third-order valence-electron chi connectivity index (χ3n) is 3.78. The number of thioether (sulfide) groups is 1. The Labute approximate surface area is 179 Å². The summed E-state index contributed by atoms with van der Waals surface area (Å²) >= 11 is 4.51. The van der Waals surface area contributed by atoms with Crippen LogP contribution in [0.15, 0.2) is 50.8 Å². The zero-order chi connectivity index (χ0) is 21.0. The summed E-state index contributed by atoms with van der Waals surface area (Å²) in [6.45, 7) is 1.38. The van der Waals surface area contributed by atoms with E-state index in [-0.39, 0.29) is 23.5 Å². The number of hydrogen-bond donors (Lipinski definition) is 1. The Bertz CT molecular complexity index is 1040. The zero-order valence-electron chi connectivity index (χ0n) is 15.5. The highest BCUT2D eigenvalue weighted by molar-refractivity contribution is 9.10. The summed E-state index contributed by atoms with van der Waals surface area (Å²) in [6.07, 6.45) is 1.64. The highest BCUT2D eigenvalue weighted by Gasteiger charge is 2.23. The molecule has 0 aliphatic carbocycles. The van der Waals surface area contributed by atoms with Crippen LogP contribution in [0.4, 0.5) is 4.39 Å². The molecule has 150 valence electrons. The second-order valence-electron chi connectivity index (χ2n) is 5.93. The molecule has 2 aromatic rings. The first kappa shape index (κ1) is 21.1. The Balaban J connectivity index is 1.81. The average molecular weight is 479 g/mol. The molecule has 0 spiro atoms. The van der Waals surface area contributed by atoms with Gasteiger partial charge in [0.1, 0.15) is 12.4 Å². The van der Waals surface area contributed by atoms with Crippen molar-refractivity contribution in [2.75, 3.05) is 7.11 Å². The highest BCUT2D eigenvalue weighted by atomic mass is 79.9. The molecule has 1 heterocycles. The number of aliphatic imine (C=N–C) groups is 1. The van der Waals surface area contributed by atoms with Gasteiger partial charge in [0.25, 0.3) is 5.91 Å². The van der Waals surface area contributed by atoms with E-state index in [0.29, 0.717) is 32.0 Å². The lowest BCUT2D eigenvalue weighted by atomic mass is 10.1. The fourth-order valence-corrected chi connectivity index (χ4v) is 3.93. The zero-order valence-corrected chi connectivity index (χ0v) is 17.9. The SMILES string of the molecule is COc1cc(/C=C2/SC(NC(C)=O)=NC2=O)cc(Br)c1OCc1ccccc1F. The van der Waals surface area contributed by atoms with Gasteiger partial charge in [-0.25, -0.2) is 4.39 Å². The summed E-state index contributed by atoms with van der Waals surface area (Å²) < 4.78 is 25.5. The van der Waals surface area contributed by atoms with Crippen LogP contribution >= 0.6 is 27.7 Å². The minimum Gasteiger partial charge on any atom is -0.493 e. The van der Waals surface area contributed by atoms with Gasteiger partial charge in [0.2, 0.25) is 5.91 Å². The van der Waals surface area contributed by atoms with Crippen molar-refractivity contribution in [1.82, 2.24) is 5.32 Å². The topological polar surface area (TPSA) is 77.0 Å². The van der Waals surface area contributed by atoms with Crippen LogP contribution in [0.25, 0.3) is 6.08 Å². The van der Waals surface area contributed by atoms with Gasteiger partial charge >= 0.3 is 0 Å². The summed E-state index contributed by atoms with van der Waals surface area (Å²) in [6, 6.07) is 9.80. The lowest BCUT2D eigenvalue weighted by Gasteiger charge is -2.14. The number of nitrogens with one attached hydrogen (secondary N) is 1. The van der Waals surface area contributed by atoms with E-state index in [1.807, 2.05) is 0 Å². The summed E-state index contributed by atoms with van der Waals surface area (Å²) in [7, 11) is 1.49. The first-order valence-corrected chi connectivity index (χ1v) is 10.0. The molecule has 29 heavy (non-hydrogen) atoms. The first-order valence-electron chi connectivity index (χ1n) is 8.41. The number of ether oxygens (including phenoxy) is 2. The molecule has 0 bridgehead atoms. The number of methoxy groups -OCH3 is 1. The quantitative estimate of drug-likeness (QED) is 0.648. The lowest BCUT2D eigenvalue weighted by molar-refractivity contribution is -0.117.